The van der Waals surface area contributed by atoms with Crippen molar-refractivity contribution in [2.75, 3.05) is 11.9 Å². The van der Waals surface area contributed by atoms with E-state index in [-0.39, 0.29) is 11.5 Å². The summed E-state index contributed by atoms with van der Waals surface area (Å²) in [6, 6.07) is 0. The lowest BCUT2D eigenvalue weighted by Gasteiger charge is -2.05. The van der Waals surface area contributed by atoms with E-state index in [0.29, 0.717) is 12.5 Å². The highest BCUT2D eigenvalue weighted by atomic mass is 16.6. The molecule has 2 aromatic rings. The van der Waals surface area contributed by atoms with Gasteiger partial charge in [-0.2, -0.15) is 4.98 Å². The van der Waals surface area contributed by atoms with Gasteiger partial charge in [0, 0.05) is 18.9 Å². The van der Waals surface area contributed by atoms with Gasteiger partial charge in [-0.3, -0.25) is 14.7 Å². The maximum absolute atomic E-state index is 10.9. The van der Waals surface area contributed by atoms with Gasteiger partial charge in [-0.15, -0.1) is 0 Å². The van der Waals surface area contributed by atoms with Crippen molar-refractivity contribution in [3.05, 3.63) is 35.0 Å². The van der Waals surface area contributed by atoms with Crippen LogP contribution in [0.4, 0.5) is 11.6 Å². The fourth-order valence-electron chi connectivity index (χ4n) is 1.31. The lowest BCUT2D eigenvalue weighted by atomic mass is 10.4. The average Bonchev–Trinajstić information content (AvgIpc) is 2.82. The summed E-state index contributed by atoms with van der Waals surface area (Å²) >= 11 is 0. The van der Waals surface area contributed by atoms with Crippen LogP contribution in [0.15, 0.2) is 24.9 Å². The third-order valence-corrected chi connectivity index (χ3v) is 2.03. The van der Waals surface area contributed by atoms with E-state index in [0.717, 1.165) is 0 Å². The number of hydrogen-bond donors (Lipinski definition) is 1. The van der Waals surface area contributed by atoms with Gasteiger partial charge in [-0.25, -0.2) is 9.97 Å². The predicted octanol–water partition coefficient (Wildman–Crippen LogP) is 1.00. The summed E-state index contributed by atoms with van der Waals surface area (Å²) in [6.45, 7) is 2.53. The number of imidazole rings is 1. The summed E-state index contributed by atoms with van der Waals surface area (Å²) in [5.41, 5.74) is -0.162. The third-order valence-electron chi connectivity index (χ3n) is 2.03. The fraction of sp³-hybridized carbons (Fsp3) is 0.222. The molecule has 0 saturated carbocycles. The van der Waals surface area contributed by atoms with Crippen molar-refractivity contribution in [3.63, 3.8) is 0 Å². The van der Waals surface area contributed by atoms with Crippen molar-refractivity contribution in [1.82, 2.24) is 19.5 Å². The van der Waals surface area contributed by atoms with Crippen LogP contribution in [0.1, 0.15) is 6.92 Å². The number of nitrogens with one attached hydrogen (secondary N) is 1. The molecule has 8 heteroatoms. The molecule has 0 aliphatic rings. The quantitative estimate of drug-likeness (QED) is 0.625. The SMILES string of the molecule is CCNc1ncc([N+](=O)[O-])c(-n2ccnc2)n1. The molecule has 0 bridgehead atoms. The zero-order valence-corrected chi connectivity index (χ0v) is 9.07. The molecule has 2 rings (SSSR count). The van der Waals surface area contributed by atoms with Crippen molar-refractivity contribution in [2.45, 2.75) is 6.92 Å². The van der Waals surface area contributed by atoms with Crippen LogP contribution < -0.4 is 5.32 Å². The topological polar surface area (TPSA) is 98.8 Å². The standard InChI is InChI=1S/C9H10N6O2/c1-2-11-9-12-5-7(15(16)17)8(13-9)14-4-3-10-6-14/h3-6H,2H2,1H3,(H,11,12,13). The van der Waals surface area contributed by atoms with E-state index in [2.05, 4.69) is 20.3 Å². The van der Waals surface area contributed by atoms with Crippen molar-refractivity contribution in [2.24, 2.45) is 0 Å². The molecule has 0 saturated heterocycles. The lowest BCUT2D eigenvalue weighted by molar-refractivity contribution is -0.385. The van der Waals surface area contributed by atoms with E-state index in [9.17, 15) is 10.1 Å². The summed E-state index contributed by atoms with van der Waals surface area (Å²) < 4.78 is 1.47. The van der Waals surface area contributed by atoms with Crippen LogP contribution >= 0.6 is 0 Å². The van der Waals surface area contributed by atoms with Gasteiger partial charge in [-0.1, -0.05) is 0 Å². The molecule has 0 aromatic carbocycles. The Bertz CT molecular complexity index is 524. The molecule has 88 valence electrons. The van der Waals surface area contributed by atoms with Gasteiger partial charge in [0.25, 0.3) is 0 Å². The summed E-state index contributed by atoms with van der Waals surface area (Å²) in [4.78, 5) is 22.1. The van der Waals surface area contributed by atoms with E-state index in [1.54, 1.807) is 6.20 Å². The highest BCUT2D eigenvalue weighted by Gasteiger charge is 2.18. The average molecular weight is 234 g/mol. The van der Waals surface area contributed by atoms with Gasteiger partial charge < -0.3 is 5.32 Å². The van der Waals surface area contributed by atoms with E-state index < -0.39 is 4.92 Å². The maximum Gasteiger partial charge on any atom is 0.330 e. The van der Waals surface area contributed by atoms with Gasteiger partial charge in [0.2, 0.25) is 11.8 Å². The van der Waals surface area contributed by atoms with Crippen molar-refractivity contribution < 1.29 is 4.92 Å². The second kappa shape index (κ2) is 4.56. The van der Waals surface area contributed by atoms with Gasteiger partial charge in [0.1, 0.15) is 12.5 Å². The summed E-state index contributed by atoms with van der Waals surface area (Å²) in [6.07, 6.45) is 5.75. The molecule has 1 N–H and O–H groups in total. The molecule has 2 heterocycles. The van der Waals surface area contributed by atoms with E-state index in [4.69, 9.17) is 0 Å². The van der Waals surface area contributed by atoms with Crippen LogP contribution in [0.5, 0.6) is 0 Å². The van der Waals surface area contributed by atoms with Crippen molar-refractivity contribution in [1.29, 1.82) is 0 Å². The Balaban J connectivity index is 2.52. The number of aromatic nitrogens is 4. The molecule has 2 aromatic heterocycles. The van der Waals surface area contributed by atoms with Gasteiger partial charge in [0.05, 0.1) is 4.92 Å². The maximum atomic E-state index is 10.9. The zero-order chi connectivity index (χ0) is 12.3. The first-order valence-corrected chi connectivity index (χ1v) is 4.96. The van der Waals surface area contributed by atoms with E-state index >= 15 is 0 Å². The molecule has 0 fully saturated rings. The predicted molar refractivity (Wildman–Crippen MR) is 60.0 cm³/mol. The minimum atomic E-state index is -0.523. The zero-order valence-electron chi connectivity index (χ0n) is 9.07. The normalized spacial score (nSPS) is 10.2. The van der Waals surface area contributed by atoms with Crippen LogP contribution in [0, 0.1) is 10.1 Å². The number of anilines is 1. The first kappa shape index (κ1) is 11.0. The molecule has 0 unspecified atom stereocenters. The third kappa shape index (κ3) is 2.19. The molecule has 8 nitrogen and oxygen atoms in total. The Morgan fingerprint density at radius 2 is 2.41 bits per heavy atom. The lowest BCUT2D eigenvalue weighted by Crippen LogP contribution is -2.07. The smallest absolute Gasteiger partial charge is 0.330 e. The highest BCUT2D eigenvalue weighted by Crippen LogP contribution is 2.20. The van der Waals surface area contributed by atoms with E-state index in [1.165, 1.54) is 23.3 Å². The molecular weight excluding hydrogens is 224 g/mol. The van der Waals surface area contributed by atoms with Gasteiger partial charge >= 0.3 is 5.69 Å². The summed E-state index contributed by atoms with van der Waals surface area (Å²) in [7, 11) is 0. The van der Waals surface area contributed by atoms with Gasteiger partial charge in [0.15, 0.2) is 0 Å². The molecule has 0 aliphatic heterocycles. The van der Waals surface area contributed by atoms with Crippen LogP contribution in [-0.2, 0) is 0 Å². The second-order valence-corrected chi connectivity index (χ2v) is 3.16. The molecular formula is C9H10N6O2. The largest absolute Gasteiger partial charge is 0.354 e. The second-order valence-electron chi connectivity index (χ2n) is 3.16. The molecule has 0 radical (unpaired) electrons. The minimum absolute atomic E-state index is 0.162. The Labute approximate surface area is 96.5 Å². The summed E-state index contributed by atoms with van der Waals surface area (Å²) in [5.74, 6) is 0.542. The van der Waals surface area contributed by atoms with Crippen LogP contribution in [0.3, 0.4) is 0 Å². The number of nitrogens with zero attached hydrogens (tertiary/aromatic N) is 5. The Kier molecular flexibility index (Phi) is 2.95. The van der Waals surface area contributed by atoms with Gasteiger partial charge in [-0.05, 0) is 6.92 Å². The van der Waals surface area contributed by atoms with Crippen LogP contribution in [-0.4, -0.2) is 31.0 Å². The van der Waals surface area contributed by atoms with Crippen LogP contribution in [0.2, 0.25) is 0 Å². The first-order chi connectivity index (χ1) is 8.22. The van der Waals surface area contributed by atoms with Crippen molar-refractivity contribution >= 4 is 11.6 Å². The Morgan fingerprint density at radius 3 is 3.00 bits per heavy atom. The monoisotopic (exact) mass is 234 g/mol. The highest BCUT2D eigenvalue weighted by molar-refractivity contribution is 5.48. The number of hydrogen-bond acceptors (Lipinski definition) is 6. The first-order valence-electron chi connectivity index (χ1n) is 4.96. The molecule has 0 atom stereocenters. The fourth-order valence-corrected chi connectivity index (χ4v) is 1.31. The Hall–Kier alpha value is -2.51. The van der Waals surface area contributed by atoms with Crippen LogP contribution in [0.25, 0.3) is 5.82 Å². The van der Waals surface area contributed by atoms with Crippen molar-refractivity contribution in [3.8, 4) is 5.82 Å². The number of rotatable bonds is 4. The molecule has 0 spiro atoms. The molecule has 0 aliphatic carbocycles. The summed E-state index contributed by atoms with van der Waals surface area (Å²) in [5, 5.41) is 13.8. The molecule has 0 amide bonds. The molecule has 17 heavy (non-hydrogen) atoms. The van der Waals surface area contributed by atoms with E-state index in [1.807, 2.05) is 6.92 Å². The minimum Gasteiger partial charge on any atom is -0.354 e. The number of nitro groups is 1. The Morgan fingerprint density at radius 1 is 1.59 bits per heavy atom.